The number of methoxy groups -OCH3 is 1. The Morgan fingerprint density at radius 2 is 2.08 bits per heavy atom. The lowest BCUT2D eigenvalue weighted by molar-refractivity contribution is -0.113. The quantitative estimate of drug-likeness (QED) is 0.840. The van der Waals surface area contributed by atoms with Crippen LogP contribution < -0.4 is 19.5 Å². The summed E-state index contributed by atoms with van der Waals surface area (Å²) >= 11 is 7.57. The summed E-state index contributed by atoms with van der Waals surface area (Å²) in [5.41, 5.74) is 1.74. The number of carbonyl (C=O) groups excluding carboxylic acids is 1. The van der Waals surface area contributed by atoms with Gasteiger partial charge in [-0.2, -0.15) is 0 Å². The fraction of sp³-hybridized carbons (Fsp3) is 0.235. The zero-order valence-corrected chi connectivity index (χ0v) is 14.6. The molecule has 1 aliphatic heterocycles. The third kappa shape index (κ3) is 4.07. The van der Waals surface area contributed by atoms with Crippen molar-refractivity contribution in [2.45, 2.75) is 5.75 Å². The van der Waals surface area contributed by atoms with Crippen molar-refractivity contribution >= 4 is 35.0 Å². The summed E-state index contributed by atoms with van der Waals surface area (Å²) in [6, 6.07) is 10.9. The van der Waals surface area contributed by atoms with Crippen molar-refractivity contribution in [3.63, 3.8) is 0 Å². The number of hydrogen-bond acceptors (Lipinski definition) is 5. The topological polar surface area (TPSA) is 56.8 Å². The Labute approximate surface area is 149 Å². The minimum absolute atomic E-state index is 0.0815. The molecule has 7 heteroatoms. The highest BCUT2D eigenvalue weighted by atomic mass is 35.5. The molecule has 0 atom stereocenters. The second-order valence-electron chi connectivity index (χ2n) is 5.08. The van der Waals surface area contributed by atoms with Crippen molar-refractivity contribution < 1.29 is 19.0 Å². The number of carbonyl (C=O) groups is 1. The van der Waals surface area contributed by atoms with Gasteiger partial charge >= 0.3 is 0 Å². The molecule has 0 unspecified atom stereocenters. The molecule has 1 aliphatic rings. The Bertz CT molecular complexity index is 753. The highest BCUT2D eigenvalue weighted by Gasteiger charge is 2.13. The van der Waals surface area contributed by atoms with E-state index in [2.05, 4.69) is 5.32 Å². The van der Waals surface area contributed by atoms with Crippen LogP contribution in [-0.4, -0.2) is 25.6 Å². The first-order valence-electron chi connectivity index (χ1n) is 7.25. The van der Waals surface area contributed by atoms with Crippen molar-refractivity contribution in [2.24, 2.45) is 0 Å². The van der Waals surface area contributed by atoms with Gasteiger partial charge in [0.05, 0.1) is 17.9 Å². The molecule has 0 saturated heterocycles. The van der Waals surface area contributed by atoms with Crippen molar-refractivity contribution in [2.75, 3.05) is 25.0 Å². The number of fused-ring (bicyclic) bond motifs is 1. The van der Waals surface area contributed by atoms with Crippen LogP contribution in [0.15, 0.2) is 36.4 Å². The Hall–Kier alpha value is -2.05. The van der Waals surface area contributed by atoms with E-state index >= 15 is 0 Å². The van der Waals surface area contributed by atoms with E-state index < -0.39 is 0 Å². The summed E-state index contributed by atoms with van der Waals surface area (Å²) in [4.78, 5) is 12.0. The number of anilines is 1. The van der Waals surface area contributed by atoms with E-state index in [0.29, 0.717) is 28.0 Å². The second kappa shape index (κ2) is 7.68. The molecule has 3 rings (SSSR count). The Morgan fingerprint density at radius 3 is 2.88 bits per heavy atom. The van der Waals surface area contributed by atoms with E-state index in [9.17, 15) is 4.79 Å². The normalized spacial score (nSPS) is 12.1. The Kier molecular flexibility index (Phi) is 5.37. The molecule has 0 spiro atoms. The highest BCUT2D eigenvalue weighted by Crippen LogP contribution is 2.33. The van der Waals surface area contributed by atoms with E-state index in [1.54, 1.807) is 25.3 Å². The molecule has 1 amide bonds. The van der Waals surface area contributed by atoms with Crippen molar-refractivity contribution in [1.29, 1.82) is 0 Å². The zero-order chi connectivity index (χ0) is 16.9. The monoisotopic (exact) mass is 365 g/mol. The van der Waals surface area contributed by atoms with Crippen molar-refractivity contribution in [3.05, 3.63) is 47.0 Å². The van der Waals surface area contributed by atoms with Crippen LogP contribution in [0.5, 0.6) is 17.2 Å². The molecule has 2 aromatic carbocycles. The summed E-state index contributed by atoms with van der Waals surface area (Å²) in [5, 5.41) is 3.28. The van der Waals surface area contributed by atoms with Crippen LogP contribution in [0.1, 0.15) is 5.56 Å². The van der Waals surface area contributed by atoms with Crippen LogP contribution in [-0.2, 0) is 10.5 Å². The minimum Gasteiger partial charge on any atom is -0.495 e. The average molecular weight is 366 g/mol. The van der Waals surface area contributed by atoms with E-state index in [-0.39, 0.29) is 12.7 Å². The minimum atomic E-state index is -0.0815. The van der Waals surface area contributed by atoms with Crippen LogP contribution in [0.25, 0.3) is 0 Å². The number of benzene rings is 2. The first-order valence-corrected chi connectivity index (χ1v) is 8.78. The molecule has 2 aromatic rings. The second-order valence-corrected chi connectivity index (χ2v) is 6.47. The largest absolute Gasteiger partial charge is 0.495 e. The molecule has 0 aliphatic carbocycles. The van der Waals surface area contributed by atoms with Crippen LogP contribution >= 0.6 is 23.4 Å². The van der Waals surface area contributed by atoms with Crippen LogP contribution in [0.4, 0.5) is 5.69 Å². The van der Waals surface area contributed by atoms with Gasteiger partial charge < -0.3 is 19.5 Å². The van der Waals surface area contributed by atoms with Crippen molar-refractivity contribution in [1.82, 2.24) is 0 Å². The molecule has 126 valence electrons. The summed E-state index contributed by atoms with van der Waals surface area (Å²) in [6.07, 6.45) is 0. The van der Waals surface area contributed by atoms with E-state index in [4.69, 9.17) is 25.8 Å². The lowest BCUT2D eigenvalue weighted by atomic mass is 10.2. The molecule has 0 radical (unpaired) electrons. The predicted octanol–water partition coefficient (Wildman–Crippen LogP) is 3.95. The van der Waals surface area contributed by atoms with Gasteiger partial charge in [-0.3, -0.25) is 4.79 Å². The molecule has 5 nitrogen and oxygen atoms in total. The molecular weight excluding hydrogens is 350 g/mol. The number of rotatable bonds is 6. The fourth-order valence-electron chi connectivity index (χ4n) is 2.23. The van der Waals surface area contributed by atoms with E-state index in [1.807, 2.05) is 18.2 Å². The first kappa shape index (κ1) is 16.8. The standard InChI is InChI=1S/C17H16ClNO4S/c1-21-14-5-3-12(7-13(14)18)19-17(20)9-24-8-11-2-4-15-16(6-11)23-10-22-15/h2-7H,8-10H2,1H3,(H,19,20). The zero-order valence-electron chi connectivity index (χ0n) is 13.0. The average Bonchev–Trinajstić information content (AvgIpc) is 3.03. The van der Waals surface area contributed by atoms with Crippen LogP contribution in [0, 0.1) is 0 Å². The van der Waals surface area contributed by atoms with Gasteiger partial charge in [-0.1, -0.05) is 17.7 Å². The van der Waals surface area contributed by atoms with Crippen LogP contribution in [0.2, 0.25) is 5.02 Å². The fourth-order valence-corrected chi connectivity index (χ4v) is 3.27. The Morgan fingerprint density at radius 1 is 1.25 bits per heavy atom. The lowest BCUT2D eigenvalue weighted by Gasteiger charge is -2.08. The van der Waals surface area contributed by atoms with Gasteiger partial charge in [0.2, 0.25) is 12.7 Å². The number of thioether (sulfide) groups is 1. The van der Waals surface area contributed by atoms with Gasteiger partial charge in [0, 0.05) is 11.4 Å². The van der Waals surface area contributed by atoms with Gasteiger partial charge in [0.25, 0.3) is 0 Å². The van der Waals surface area contributed by atoms with Gasteiger partial charge in [-0.25, -0.2) is 0 Å². The molecule has 0 aromatic heterocycles. The number of halogens is 1. The summed E-state index contributed by atoms with van der Waals surface area (Å²) in [7, 11) is 1.55. The number of ether oxygens (including phenoxy) is 3. The molecule has 0 bridgehead atoms. The van der Waals surface area contributed by atoms with Crippen LogP contribution in [0.3, 0.4) is 0 Å². The molecule has 1 heterocycles. The highest BCUT2D eigenvalue weighted by molar-refractivity contribution is 7.99. The third-order valence-electron chi connectivity index (χ3n) is 3.37. The number of amides is 1. The SMILES string of the molecule is COc1ccc(NC(=O)CSCc2ccc3c(c2)OCO3)cc1Cl. The predicted molar refractivity (Wildman–Crippen MR) is 95.4 cm³/mol. The van der Waals surface area contributed by atoms with E-state index in [0.717, 1.165) is 17.1 Å². The maximum Gasteiger partial charge on any atom is 0.234 e. The summed E-state index contributed by atoms with van der Waals surface area (Å²) in [6.45, 7) is 0.263. The van der Waals surface area contributed by atoms with E-state index in [1.165, 1.54) is 11.8 Å². The van der Waals surface area contributed by atoms with Crippen molar-refractivity contribution in [3.8, 4) is 17.2 Å². The van der Waals surface area contributed by atoms with Gasteiger partial charge in [-0.15, -0.1) is 11.8 Å². The molecular formula is C17H16ClNO4S. The van der Waals surface area contributed by atoms with Gasteiger partial charge in [0.1, 0.15) is 5.75 Å². The van der Waals surface area contributed by atoms with Gasteiger partial charge in [-0.05, 0) is 35.9 Å². The molecule has 0 saturated carbocycles. The first-order chi connectivity index (χ1) is 11.7. The lowest BCUT2D eigenvalue weighted by Crippen LogP contribution is -2.14. The summed E-state index contributed by atoms with van der Waals surface area (Å²) in [5.74, 6) is 3.07. The maximum absolute atomic E-state index is 12.0. The number of nitrogens with one attached hydrogen (secondary N) is 1. The Balaban J connectivity index is 1.48. The van der Waals surface area contributed by atoms with Gasteiger partial charge in [0.15, 0.2) is 11.5 Å². The maximum atomic E-state index is 12.0. The smallest absolute Gasteiger partial charge is 0.234 e. The summed E-state index contributed by atoms with van der Waals surface area (Å²) < 4.78 is 15.7. The number of hydrogen-bond donors (Lipinski definition) is 1. The molecule has 1 N–H and O–H groups in total. The molecule has 24 heavy (non-hydrogen) atoms. The molecule has 0 fully saturated rings. The third-order valence-corrected chi connectivity index (χ3v) is 4.67.